The number of ether oxygens (including phenoxy) is 2. The van der Waals surface area contributed by atoms with Crippen molar-refractivity contribution in [3.05, 3.63) is 57.2 Å². The second kappa shape index (κ2) is 7.31. The van der Waals surface area contributed by atoms with Gasteiger partial charge in [0.15, 0.2) is 11.5 Å². The first-order chi connectivity index (χ1) is 10.2. The molecular formula is C16H16INO3. The molecule has 0 saturated heterocycles. The van der Waals surface area contributed by atoms with E-state index in [2.05, 4.69) is 27.9 Å². The Kier molecular flexibility index (Phi) is 5.44. The monoisotopic (exact) mass is 397 g/mol. The Labute approximate surface area is 137 Å². The van der Waals surface area contributed by atoms with Crippen molar-refractivity contribution < 1.29 is 14.3 Å². The molecule has 0 radical (unpaired) electrons. The van der Waals surface area contributed by atoms with Gasteiger partial charge in [0, 0.05) is 12.6 Å². The molecule has 0 fully saturated rings. The van der Waals surface area contributed by atoms with Crippen LogP contribution in [-0.2, 0) is 6.61 Å². The van der Waals surface area contributed by atoms with E-state index in [1.54, 1.807) is 26.3 Å². The quantitative estimate of drug-likeness (QED) is 0.789. The van der Waals surface area contributed by atoms with Gasteiger partial charge in [-0.3, -0.25) is 4.79 Å². The summed E-state index contributed by atoms with van der Waals surface area (Å²) in [6.07, 6.45) is 0. The summed E-state index contributed by atoms with van der Waals surface area (Å²) in [4.78, 5) is 11.7. The highest BCUT2D eigenvalue weighted by atomic mass is 127. The number of carbonyl (C=O) groups excluding carboxylic acids is 1. The van der Waals surface area contributed by atoms with Crippen molar-refractivity contribution in [2.45, 2.75) is 6.61 Å². The molecule has 0 saturated carbocycles. The zero-order valence-corrected chi connectivity index (χ0v) is 14.0. The van der Waals surface area contributed by atoms with Crippen molar-refractivity contribution in [3.63, 3.8) is 0 Å². The van der Waals surface area contributed by atoms with Crippen LogP contribution >= 0.6 is 22.6 Å². The molecule has 1 N–H and O–H groups in total. The zero-order valence-electron chi connectivity index (χ0n) is 11.9. The van der Waals surface area contributed by atoms with Gasteiger partial charge in [-0.25, -0.2) is 0 Å². The van der Waals surface area contributed by atoms with Crippen molar-refractivity contribution in [2.24, 2.45) is 0 Å². The number of nitrogens with one attached hydrogen (secondary N) is 1. The van der Waals surface area contributed by atoms with Crippen LogP contribution in [0.3, 0.4) is 0 Å². The van der Waals surface area contributed by atoms with Crippen molar-refractivity contribution in [2.75, 3.05) is 14.2 Å². The van der Waals surface area contributed by atoms with Crippen LogP contribution in [0.15, 0.2) is 42.5 Å². The van der Waals surface area contributed by atoms with E-state index in [1.807, 2.05) is 30.3 Å². The highest BCUT2D eigenvalue weighted by Crippen LogP contribution is 2.34. The summed E-state index contributed by atoms with van der Waals surface area (Å²) in [5.41, 5.74) is 1.62. The number of amides is 1. The average molecular weight is 397 g/mol. The molecule has 0 atom stereocenters. The van der Waals surface area contributed by atoms with E-state index in [4.69, 9.17) is 9.47 Å². The Balaban J connectivity index is 2.24. The van der Waals surface area contributed by atoms with Gasteiger partial charge in [0.05, 0.1) is 10.7 Å². The Hall–Kier alpha value is -1.76. The van der Waals surface area contributed by atoms with E-state index in [1.165, 1.54) is 0 Å². The van der Waals surface area contributed by atoms with E-state index >= 15 is 0 Å². The minimum atomic E-state index is -0.152. The topological polar surface area (TPSA) is 47.6 Å². The smallest absolute Gasteiger partial charge is 0.251 e. The molecule has 0 spiro atoms. The molecule has 0 aromatic heterocycles. The Bertz CT molecular complexity index is 629. The summed E-state index contributed by atoms with van der Waals surface area (Å²) in [6.45, 7) is 0.451. The van der Waals surface area contributed by atoms with E-state index in [-0.39, 0.29) is 5.91 Å². The largest absolute Gasteiger partial charge is 0.493 e. The van der Waals surface area contributed by atoms with E-state index in [0.29, 0.717) is 23.7 Å². The van der Waals surface area contributed by atoms with Crippen LogP contribution in [0.25, 0.3) is 0 Å². The normalized spacial score (nSPS) is 10.0. The van der Waals surface area contributed by atoms with Crippen LogP contribution in [0.4, 0.5) is 0 Å². The third kappa shape index (κ3) is 3.87. The van der Waals surface area contributed by atoms with Crippen molar-refractivity contribution in [1.82, 2.24) is 5.32 Å². The number of rotatable bonds is 5. The first kappa shape index (κ1) is 15.6. The molecule has 21 heavy (non-hydrogen) atoms. The van der Waals surface area contributed by atoms with Crippen LogP contribution in [0, 0.1) is 3.57 Å². The van der Waals surface area contributed by atoms with Gasteiger partial charge in [0.1, 0.15) is 6.61 Å². The lowest BCUT2D eigenvalue weighted by molar-refractivity contribution is 0.0962. The predicted molar refractivity (Wildman–Crippen MR) is 89.9 cm³/mol. The molecule has 2 rings (SSSR count). The zero-order chi connectivity index (χ0) is 15.2. The summed E-state index contributed by atoms with van der Waals surface area (Å²) >= 11 is 2.14. The molecule has 0 heterocycles. The van der Waals surface area contributed by atoms with Crippen LogP contribution in [0.1, 0.15) is 15.9 Å². The van der Waals surface area contributed by atoms with Crippen molar-refractivity contribution >= 4 is 28.5 Å². The third-order valence-electron chi connectivity index (χ3n) is 2.94. The van der Waals surface area contributed by atoms with Gasteiger partial charge in [0.25, 0.3) is 5.91 Å². The standard InChI is InChI=1S/C16H16INO3/c1-18-16(19)12-8-13(17)15(14(9-12)20-2)21-10-11-6-4-3-5-7-11/h3-9H,10H2,1-2H3,(H,18,19). The van der Waals surface area contributed by atoms with Crippen molar-refractivity contribution in [3.8, 4) is 11.5 Å². The van der Waals surface area contributed by atoms with Gasteiger partial charge in [0.2, 0.25) is 0 Å². The number of methoxy groups -OCH3 is 1. The minimum Gasteiger partial charge on any atom is -0.493 e. The van der Waals surface area contributed by atoms with E-state index < -0.39 is 0 Å². The maximum atomic E-state index is 11.7. The maximum absolute atomic E-state index is 11.7. The number of hydrogen-bond acceptors (Lipinski definition) is 3. The van der Waals surface area contributed by atoms with Gasteiger partial charge < -0.3 is 14.8 Å². The fourth-order valence-electron chi connectivity index (χ4n) is 1.87. The molecule has 2 aromatic rings. The van der Waals surface area contributed by atoms with Gasteiger partial charge >= 0.3 is 0 Å². The van der Waals surface area contributed by atoms with E-state index in [9.17, 15) is 4.79 Å². The fraction of sp³-hybridized carbons (Fsp3) is 0.188. The highest BCUT2D eigenvalue weighted by molar-refractivity contribution is 14.1. The Morgan fingerprint density at radius 2 is 1.95 bits per heavy atom. The van der Waals surface area contributed by atoms with Crippen molar-refractivity contribution in [1.29, 1.82) is 0 Å². The molecule has 110 valence electrons. The maximum Gasteiger partial charge on any atom is 0.251 e. The molecule has 0 aliphatic carbocycles. The van der Waals surface area contributed by atoms with Crippen LogP contribution in [0.5, 0.6) is 11.5 Å². The van der Waals surface area contributed by atoms with Gasteiger partial charge in [-0.05, 0) is 40.3 Å². The predicted octanol–water partition coefficient (Wildman–Crippen LogP) is 3.24. The molecule has 0 unspecified atom stereocenters. The molecule has 1 amide bonds. The lowest BCUT2D eigenvalue weighted by Gasteiger charge is -2.14. The molecule has 0 aliphatic heterocycles. The molecule has 0 aliphatic rings. The first-order valence-corrected chi connectivity index (χ1v) is 7.50. The van der Waals surface area contributed by atoms with Crippen LogP contribution in [0.2, 0.25) is 0 Å². The molecule has 2 aromatic carbocycles. The second-order valence-corrected chi connectivity index (χ2v) is 5.51. The SMILES string of the molecule is CNC(=O)c1cc(I)c(OCc2ccccc2)c(OC)c1. The van der Waals surface area contributed by atoms with E-state index in [0.717, 1.165) is 9.13 Å². The third-order valence-corrected chi connectivity index (χ3v) is 3.75. The molecule has 0 bridgehead atoms. The number of hydrogen-bond donors (Lipinski definition) is 1. The first-order valence-electron chi connectivity index (χ1n) is 6.42. The summed E-state index contributed by atoms with van der Waals surface area (Å²) < 4.78 is 12.0. The fourth-order valence-corrected chi connectivity index (χ4v) is 2.62. The lowest BCUT2D eigenvalue weighted by atomic mass is 10.2. The Morgan fingerprint density at radius 1 is 1.24 bits per heavy atom. The minimum absolute atomic E-state index is 0.152. The molecular weight excluding hydrogens is 381 g/mol. The highest BCUT2D eigenvalue weighted by Gasteiger charge is 2.15. The van der Waals surface area contributed by atoms with Crippen LogP contribution in [-0.4, -0.2) is 20.1 Å². The molecule has 5 heteroatoms. The van der Waals surface area contributed by atoms with Gasteiger partial charge in [-0.15, -0.1) is 0 Å². The summed E-state index contributed by atoms with van der Waals surface area (Å²) in [7, 11) is 3.16. The number of halogens is 1. The van der Waals surface area contributed by atoms with Gasteiger partial charge in [-0.2, -0.15) is 0 Å². The Morgan fingerprint density at radius 3 is 2.57 bits per heavy atom. The number of carbonyl (C=O) groups is 1. The molecule has 4 nitrogen and oxygen atoms in total. The average Bonchev–Trinajstić information content (AvgIpc) is 2.53. The summed E-state index contributed by atoms with van der Waals surface area (Å²) in [5, 5.41) is 2.60. The summed E-state index contributed by atoms with van der Waals surface area (Å²) in [6, 6.07) is 13.4. The lowest BCUT2D eigenvalue weighted by Crippen LogP contribution is -2.18. The van der Waals surface area contributed by atoms with Gasteiger partial charge in [-0.1, -0.05) is 30.3 Å². The number of benzene rings is 2. The van der Waals surface area contributed by atoms with Crippen LogP contribution < -0.4 is 14.8 Å². The summed E-state index contributed by atoms with van der Waals surface area (Å²) in [5.74, 6) is 1.05. The second-order valence-electron chi connectivity index (χ2n) is 4.34.